The number of nitrogens with zero attached hydrogens (tertiary/aromatic N) is 6. The monoisotopic (exact) mass is 346 g/mol. The van der Waals surface area contributed by atoms with Gasteiger partial charge in [0.05, 0.1) is 10.2 Å². The SMILES string of the molecule is Cc1nc([N+](=O)[O-])c(Sc2nnc3sc4ccccc4n23)n1C. The van der Waals surface area contributed by atoms with Crippen molar-refractivity contribution in [2.24, 2.45) is 7.05 Å². The van der Waals surface area contributed by atoms with Gasteiger partial charge in [0, 0.05) is 14.0 Å². The smallest absolute Gasteiger partial charge is 0.358 e. The first-order valence-corrected chi connectivity index (χ1v) is 8.28. The fraction of sp³-hybridized carbons (Fsp3) is 0.154. The van der Waals surface area contributed by atoms with E-state index in [2.05, 4.69) is 15.2 Å². The molecule has 3 heterocycles. The van der Waals surface area contributed by atoms with E-state index in [1.54, 1.807) is 18.5 Å². The molecule has 0 saturated carbocycles. The molecule has 0 N–H and O–H groups in total. The lowest BCUT2D eigenvalue weighted by molar-refractivity contribution is -0.392. The summed E-state index contributed by atoms with van der Waals surface area (Å²) in [5.74, 6) is 0.418. The number of para-hydroxylation sites is 1. The molecule has 23 heavy (non-hydrogen) atoms. The van der Waals surface area contributed by atoms with Gasteiger partial charge >= 0.3 is 5.82 Å². The van der Waals surface area contributed by atoms with Crippen LogP contribution in [0.15, 0.2) is 34.4 Å². The van der Waals surface area contributed by atoms with E-state index in [1.165, 1.54) is 23.1 Å². The lowest BCUT2D eigenvalue weighted by atomic mass is 10.3. The highest BCUT2D eigenvalue weighted by atomic mass is 32.2. The first kappa shape index (κ1) is 14.2. The van der Waals surface area contributed by atoms with Crippen LogP contribution < -0.4 is 0 Å². The van der Waals surface area contributed by atoms with Crippen LogP contribution in [0, 0.1) is 17.0 Å². The van der Waals surface area contributed by atoms with Crippen molar-refractivity contribution < 1.29 is 4.92 Å². The summed E-state index contributed by atoms with van der Waals surface area (Å²) in [5.41, 5.74) is 0.988. The number of imidazole rings is 1. The lowest BCUT2D eigenvalue weighted by Crippen LogP contribution is -1.96. The van der Waals surface area contributed by atoms with Gasteiger partial charge in [-0.25, -0.2) is 0 Å². The summed E-state index contributed by atoms with van der Waals surface area (Å²) < 4.78 is 4.70. The summed E-state index contributed by atoms with van der Waals surface area (Å²) in [6.07, 6.45) is 0. The summed E-state index contributed by atoms with van der Waals surface area (Å²) in [7, 11) is 1.75. The third-order valence-electron chi connectivity index (χ3n) is 3.52. The topological polar surface area (TPSA) is 91.2 Å². The maximum atomic E-state index is 11.2. The first-order valence-electron chi connectivity index (χ1n) is 6.64. The Hall–Kier alpha value is -2.46. The Morgan fingerprint density at radius 1 is 1.30 bits per heavy atom. The fourth-order valence-corrected chi connectivity index (χ4v) is 4.35. The Labute approximate surface area is 137 Å². The van der Waals surface area contributed by atoms with Crippen LogP contribution in [0.4, 0.5) is 5.82 Å². The second-order valence-corrected chi connectivity index (χ2v) is 6.84. The molecule has 0 aliphatic rings. The van der Waals surface area contributed by atoms with Crippen molar-refractivity contribution in [3.8, 4) is 0 Å². The molecule has 10 heteroatoms. The normalized spacial score (nSPS) is 11.6. The fourth-order valence-electron chi connectivity index (χ4n) is 2.31. The van der Waals surface area contributed by atoms with Crippen LogP contribution in [0.25, 0.3) is 15.2 Å². The highest BCUT2D eigenvalue weighted by Gasteiger charge is 2.26. The van der Waals surface area contributed by atoms with E-state index in [0.717, 1.165) is 15.2 Å². The second kappa shape index (κ2) is 5.03. The average Bonchev–Trinajstić information content (AvgIpc) is 3.16. The van der Waals surface area contributed by atoms with Gasteiger partial charge in [-0.2, -0.15) is 0 Å². The van der Waals surface area contributed by atoms with Crippen molar-refractivity contribution in [3.63, 3.8) is 0 Å². The van der Waals surface area contributed by atoms with E-state index in [-0.39, 0.29) is 5.82 Å². The van der Waals surface area contributed by atoms with Crippen molar-refractivity contribution in [2.75, 3.05) is 0 Å². The molecule has 4 aromatic rings. The summed E-state index contributed by atoms with van der Waals surface area (Å²) in [6, 6.07) is 7.91. The Morgan fingerprint density at radius 3 is 2.87 bits per heavy atom. The van der Waals surface area contributed by atoms with Gasteiger partial charge in [-0.3, -0.25) is 8.97 Å². The Kier molecular flexibility index (Phi) is 3.10. The van der Waals surface area contributed by atoms with Crippen LogP contribution in [0.5, 0.6) is 0 Å². The zero-order chi connectivity index (χ0) is 16.1. The maximum absolute atomic E-state index is 11.2. The van der Waals surface area contributed by atoms with E-state index < -0.39 is 4.92 Å². The minimum absolute atomic E-state index is 0.161. The molecule has 0 atom stereocenters. The molecule has 0 aliphatic heterocycles. The average molecular weight is 346 g/mol. The molecule has 1 aromatic carbocycles. The van der Waals surface area contributed by atoms with Gasteiger partial charge in [0.15, 0.2) is 5.03 Å². The molecule has 8 nitrogen and oxygen atoms in total. The number of rotatable bonds is 3. The molecule has 0 bridgehead atoms. The molecular formula is C13H10N6O2S2. The Balaban J connectivity index is 1.90. The predicted octanol–water partition coefficient (Wildman–Crippen LogP) is 3.05. The highest BCUT2D eigenvalue weighted by molar-refractivity contribution is 7.99. The van der Waals surface area contributed by atoms with Crippen LogP contribution in [-0.4, -0.2) is 29.1 Å². The summed E-state index contributed by atoms with van der Waals surface area (Å²) >= 11 is 2.73. The molecule has 0 unspecified atom stereocenters. The van der Waals surface area contributed by atoms with Gasteiger partial charge in [0.25, 0.3) is 0 Å². The summed E-state index contributed by atoms with van der Waals surface area (Å²) in [6.45, 7) is 1.73. The molecule has 0 radical (unpaired) electrons. The maximum Gasteiger partial charge on any atom is 0.396 e. The minimum atomic E-state index is -0.473. The van der Waals surface area contributed by atoms with Crippen molar-refractivity contribution in [1.29, 1.82) is 0 Å². The van der Waals surface area contributed by atoms with Crippen LogP contribution in [0.2, 0.25) is 0 Å². The molecule has 4 rings (SSSR count). The number of aromatic nitrogens is 5. The molecule has 0 aliphatic carbocycles. The zero-order valence-electron chi connectivity index (χ0n) is 12.1. The largest absolute Gasteiger partial charge is 0.396 e. The van der Waals surface area contributed by atoms with E-state index in [0.29, 0.717) is 16.0 Å². The van der Waals surface area contributed by atoms with Crippen LogP contribution in [0.3, 0.4) is 0 Å². The summed E-state index contributed by atoms with van der Waals surface area (Å²) in [4.78, 5) is 15.5. The van der Waals surface area contributed by atoms with E-state index >= 15 is 0 Å². The van der Waals surface area contributed by atoms with Gasteiger partial charge in [0.1, 0.15) is 0 Å². The number of benzene rings is 1. The first-order chi connectivity index (χ1) is 11.1. The zero-order valence-corrected chi connectivity index (χ0v) is 13.8. The standard InChI is InChI=1S/C13H10N6O2S2/c1-7-14-10(19(20)21)11(17(7)2)23-13-16-15-12-18(13)8-5-3-4-6-9(8)22-12/h3-6H,1-2H3. The molecule has 0 amide bonds. The lowest BCUT2D eigenvalue weighted by Gasteiger charge is -2.01. The number of thiazole rings is 1. The number of aryl methyl sites for hydroxylation is 1. The molecular weight excluding hydrogens is 336 g/mol. The molecule has 3 aromatic heterocycles. The van der Waals surface area contributed by atoms with Gasteiger partial charge in [-0.1, -0.05) is 23.5 Å². The second-order valence-electron chi connectivity index (χ2n) is 4.88. The van der Waals surface area contributed by atoms with Crippen molar-refractivity contribution in [3.05, 3.63) is 40.2 Å². The van der Waals surface area contributed by atoms with Gasteiger partial charge in [-0.15, -0.1) is 10.2 Å². The van der Waals surface area contributed by atoms with Crippen LogP contribution >= 0.6 is 23.1 Å². The molecule has 0 spiro atoms. The van der Waals surface area contributed by atoms with Crippen LogP contribution in [0.1, 0.15) is 5.82 Å². The Morgan fingerprint density at radius 2 is 2.09 bits per heavy atom. The summed E-state index contributed by atoms with van der Waals surface area (Å²) in [5, 5.41) is 20.6. The van der Waals surface area contributed by atoms with Crippen molar-refractivity contribution >= 4 is 44.1 Å². The van der Waals surface area contributed by atoms with E-state index in [9.17, 15) is 10.1 Å². The molecule has 0 fully saturated rings. The van der Waals surface area contributed by atoms with Crippen LogP contribution in [-0.2, 0) is 7.05 Å². The molecule has 116 valence electrons. The van der Waals surface area contributed by atoms with Crippen molar-refractivity contribution in [2.45, 2.75) is 17.1 Å². The van der Waals surface area contributed by atoms with Gasteiger partial charge < -0.3 is 10.1 Å². The van der Waals surface area contributed by atoms with Gasteiger partial charge in [-0.05, 0) is 33.8 Å². The third-order valence-corrected chi connectivity index (χ3v) is 5.63. The van der Waals surface area contributed by atoms with E-state index in [1.807, 2.05) is 28.7 Å². The number of nitro groups is 1. The minimum Gasteiger partial charge on any atom is -0.358 e. The van der Waals surface area contributed by atoms with E-state index in [4.69, 9.17) is 0 Å². The number of fused-ring (bicyclic) bond motifs is 3. The van der Waals surface area contributed by atoms with Gasteiger partial charge in [0.2, 0.25) is 15.9 Å². The quantitative estimate of drug-likeness (QED) is 0.418. The van der Waals surface area contributed by atoms with Crippen molar-refractivity contribution in [1.82, 2.24) is 24.1 Å². The predicted molar refractivity (Wildman–Crippen MR) is 87.1 cm³/mol. The number of hydrogen-bond donors (Lipinski definition) is 0. The molecule has 0 saturated heterocycles. The third kappa shape index (κ3) is 2.10. The number of hydrogen-bond acceptors (Lipinski definition) is 7. The highest BCUT2D eigenvalue weighted by Crippen LogP contribution is 2.36. The Bertz CT molecular complexity index is 1060.